The molecule has 32 heavy (non-hydrogen) atoms. The van der Waals surface area contributed by atoms with Gasteiger partial charge in [0, 0.05) is 28.9 Å². The van der Waals surface area contributed by atoms with E-state index in [1.165, 1.54) is 16.3 Å². The molecule has 0 saturated heterocycles. The van der Waals surface area contributed by atoms with Crippen LogP contribution in [0.2, 0.25) is 0 Å². The molecule has 1 atom stereocenters. The summed E-state index contributed by atoms with van der Waals surface area (Å²) in [6, 6.07) is 18.6. The first kappa shape index (κ1) is 20.2. The molecular formula is C25H20N4O2S. The van der Waals surface area contributed by atoms with Crippen molar-refractivity contribution in [3.05, 3.63) is 94.5 Å². The number of ketones is 1. The van der Waals surface area contributed by atoms with Crippen LogP contribution in [-0.4, -0.2) is 30.6 Å². The fourth-order valence-electron chi connectivity index (χ4n) is 3.74. The van der Waals surface area contributed by atoms with Gasteiger partial charge in [-0.1, -0.05) is 42.1 Å². The number of hydrogen-bond acceptors (Lipinski definition) is 5. The van der Waals surface area contributed by atoms with Crippen LogP contribution in [0, 0.1) is 6.92 Å². The summed E-state index contributed by atoms with van der Waals surface area (Å²) in [6.07, 6.45) is 3.41. The minimum Gasteiger partial charge on any atom is -0.360 e. The molecule has 0 aliphatic carbocycles. The molecule has 7 heteroatoms. The Labute approximate surface area is 188 Å². The topological polar surface area (TPSA) is 80.6 Å². The number of hydrogen-bond donors (Lipinski definition) is 1. The highest BCUT2D eigenvalue weighted by Crippen LogP contribution is 2.29. The number of benzene rings is 2. The average molecular weight is 441 g/mol. The summed E-state index contributed by atoms with van der Waals surface area (Å²) < 4.78 is 1.50. The Morgan fingerprint density at radius 1 is 1.06 bits per heavy atom. The van der Waals surface area contributed by atoms with E-state index in [9.17, 15) is 9.59 Å². The van der Waals surface area contributed by atoms with Crippen molar-refractivity contribution in [1.82, 2.24) is 19.5 Å². The maximum absolute atomic E-state index is 13.4. The Morgan fingerprint density at radius 2 is 1.81 bits per heavy atom. The maximum atomic E-state index is 13.4. The van der Waals surface area contributed by atoms with Crippen molar-refractivity contribution >= 4 is 39.4 Å². The molecule has 0 aliphatic rings. The van der Waals surface area contributed by atoms with Gasteiger partial charge in [-0.05, 0) is 49.7 Å². The molecule has 0 amide bonds. The van der Waals surface area contributed by atoms with Crippen molar-refractivity contribution in [3.8, 4) is 5.82 Å². The first-order valence-corrected chi connectivity index (χ1v) is 11.1. The van der Waals surface area contributed by atoms with E-state index in [1.807, 2.05) is 62.4 Å². The molecular weight excluding hydrogens is 420 g/mol. The Bertz CT molecular complexity index is 1540. The van der Waals surface area contributed by atoms with E-state index < -0.39 is 5.25 Å². The van der Waals surface area contributed by atoms with Gasteiger partial charge in [-0.2, -0.15) is 0 Å². The van der Waals surface area contributed by atoms with Gasteiger partial charge in [0.15, 0.2) is 10.9 Å². The maximum Gasteiger partial charge on any atom is 0.267 e. The van der Waals surface area contributed by atoms with Crippen LogP contribution in [0.15, 0.2) is 83.0 Å². The second kappa shape index (κ2) is 8.09. The van der Waals surface area contributed by atoms with E-state index in [2.05, 4.69) is 9.97 Å². The number of para-hydroxylation sites is 2. The van der Waals surface area contributed by atoms with Crippen LogP contribution >= 0.6 is 11.8 Å². The lowest BCUT2D eigenvalue weighted by Gasteiger charge is -2.15. The summed E-state index contributed by atoms with van der Waals surface area (Å²) >= 11 is 1.26. The zero-order valence-corrected chi connectivity index (χ0v) is 18.4. The van der Waals surface area contributed by atoms with Crippen LogP contribution < -0.4 is 5.56 Å². The molecule has 0 bridgehead atoms. The SMILES string of the molecule is Cc1ccnc(-n2c(SC(C)C(=O)c3c[nH]c4ccccc34)nc3ccccc3c2=O)c1. The molecule has 3 heterocycles. The van der Waals surface area contributed by atoms with Gasteiger partial charge < -0.3 is 4.98 Å². The Kier molecular flexibility index (Phi) is 5.11. The average Bonchev–Trinajstić information content (AvgIpc) is 3.23. The molecule has 0 radical (unpaired) electrons. The van der Waals surface area contributed by atoms with Gasteiger partial charge in [0.25, 0.3) is 5.56 Å². The van der Waals surface area contributed by atoms with Gasteiger partial charge in [-0.3, -0.25) is 9.59 Å². The van der Waals surface area contributed by atoms with Gasteiger partial charge in [-0.15, -0.1) is 0 Å². The number of Topliss-reactive ketones (excluding diaryl/α,β-unsaturated/α-hetero) is 1. The summed E-state index contributed by atoms with van der Waals surface area (Å²) in [4.78, 5) is 39.0. The second-order valence-electron chi connectivity index (χ2n) is 7.62. The molecule has 0 fully saturated rings. The van der Waals surface area contributed by atoms with Gasteiger partial charge >= 0.3 is 0 Å². The number of nitrogens with zero attached hydrogens (tertiary/aromatic N) is 3. The first-order valence-electron chi connectivity index (χ1n) is 10.2. The number of carbonyl (C=O) groups excluding carboxylic acids is 1. The highest BCUT2D eigenvalue weighted by Gasteiger charge is 2.23. The van der Waals surface area contributed by atoms with E-state index in [-0.39, 0.29) is 11.3 Å². The van der Waals surface area contributed by atoms with Crippen molar-refractivity contribution in [1.29, 1.82) is 0 Å². The summed E-state index contributed by atoms with van der Waals surface area (Å²) in [6.45, 7) is 3.78. The monoisotopic (exact) mass is 440 g/mol. The Balaban J connectivity index is 1.61. The zero-order valence-electron chi connectivity index (χ0n) is 17.6. The number of aryl methyl sites for hydroxylation is 1. The molecule has 5 rings (SSSR count). The standard InChI is InChI=1S/C25H20N4O2S/c1-15-11-12-26-22(13-15)29-24(31)18-8-4-6-10-21(18)28-25(29)32-16(2)23(30)19-14-27-20-9-5-3-7-17(19)20/h3-14,16,27H,1-2H3. The second-order valence-corrected chi connectivity index (χ2v) is 8.92. The van der Waals surface area contributed by atoms with Gasteiger partial charge in [0.05, 0.1) is 16.2 Å². The van der Waals surface area contributed by atoms with E-state index in [4.69, 9.17) is 4.98 Å². The van der Waals surface area contributed by atoms with Crippen LogP contribution in [0.1, 0.15) is 22.8 Å². The summed E-state index contributed by atoms with van der Waals surface area (Å²) in [5, 5.41) is 1.37. The summed E-state index contributed by atoms with van der Waals surface area (Å²) in [5.74, 6) is 0.459. The third kappa shape index (κ3) is 3.50. The smallest absolute Gasteiger partial charge is 0.267 e. The lowest BCUT2D eigenvalue weighted by atomic mass is 10.1. The van der Waals surface area contributed by atoms with Crippen LogP contribution in [0.5, 0.6) is 0 Å². The molecule has 0 spiro atoms. The first-order chi connectivity index (χ1) is 15.5. The predicted molar refractivity (Wildman–Crippen MR) is 128 cm³/mol. The number of thioether (sulfide) groups is 1. The van der Waals surface area contributed by atoms with Crippen molar-refractivity contribution in [2.45, 2.75) is 24.3 Å². The quantitative estimate of drug-likeness (QED) is 0.238. The highest BCUT2D eigenvalue weighted by atomic mass is 32.2. The van der Waals surface area contributed by atoms with Crippen molar-refractivity contribution in [3.63, 3.8) is 0 Å². The fraction of sp³-hybridized carbons (Fsp3) is 0.120. The summed E-state index contributed by atoms with van der Waals surface area (Å²) in [5.41, 5.74) is 2.91. The predicted octanol–water partition coefficient (Wildman–Crippen LogP) is 4.93. The van der Waals surface area contributed by atoms with Crippen molar-refractivity contribution in [2.75, 3.05) is 0 Å². The number of rotatable bonds is 5. The number of nitrogens with one attached hydrogen (secondary N) is 1. The molecule has 1 unspecified atom stereocenters. The molecule has 0 aliphatic heterocycles. The Hall–Kier alpha value is -3.71. The molecule has 1 N–H and O–H groups in total. The summed E-state index contributed by atoms with van der Waals surface area (Å²) in [7, 11) is 0. The number of aromatic nitrogens is 4. The van der Waals surface area contributed by atoms with Crippen LogP contribution in [0.4, 0.5) is 0 Å². The normalized spacial score (nSPS) is 12.3. The Morgan fingerprint density at radius 3 is 2.62 bits per heavy atom. The van der Waals surface area contributed by atoms with E-state index >= 15 is 0 Å². The van der Waals surface area contributed by atoms with E-state index in [1.54, 1.807) is 24.5 Å². The minimum atomic E-state index is -0.460. The zero-order chi connectivity index (χ0) is 22.2. The van der Waals surface area contributed by atoms with Gasteiger partial charge in [0.1, 0.15) is 5.82 Å². The van der Waals surface area contributed by atoms with Crippen LogP contribution in [0.25, 0.3) is 27.6 Å². The third-order valence-corrected chi connectivity index (χ3v) is 6.43. The fourth-order valence-corrected chi connectivity index (χ4v) is 4.73. The number of pyridine rings is 1. The molecule has 0 saturated carbocycles. The van der Waals surface area contributed by atoms with Crippen LogP contribution in [-0.2, 0) is 0 Å². The molecule has 3 aromatic heterocycles. The number of H-pyrrole nitrogens is 1. The van der Waals surface area contributed by atoms with Crippen LogP contribution in [0.3, 0.4) is 0 Å². The lowest BCUT2D eigenvalue weighted by molar-refractivity contribution is 0.0995. The molecule has 2 aromatic carbocycles. The lowest BCUT2D eigenvalue weighted by Crippen LogP contribution is -2.24. The number of carbonyl (C=O) groups is 1. The minimum absolute atomic E-state index is 0.0291. The van der Waals surface area contributed by atoms with Gasteiger partial charge in [-0.25, -0.2) is 14.5 Å². The van der Waals surface area contributed by atoms with Crippen molar-refractivity contribution < 1.29 is 4.79 Å². The largest absolute Gasteiger partial charge is 0.360 e. The number of aromatic amines is 1. The van der Waals surface area contributed by atoms with E-state index in [0.717, 1.165) is 16.5 Å². The van der Waals surface area contributed by atoms with Crippen molar-refractivity contribution in [2.24, 2.45) is 0 Å². The molecule has 158 valence electrons. The number of fused-ring (bicyclic) bond motifs is 2. The van der Waals surface area contributed by atoms with E-state index in [0.29, 0.717) is 27.4 Å². The highest BCUT2D eigenvalue weighted by molar-refractivity contribution is 8.00. The third-order valence-electron chi connectivity index (χ3n) is 5.38. The molecule has 5 aromatic rings. The molecule has 6 nitrogen and oxygen atoms in total. The van der Waals surface area contributed by atoms with Gasteiger partial charge in [0.2, 0.25) is 0 Å².